The van der Waals surface area contributed by atoms with Crippen LogP contribution in [0.3, 0.4) is 0 Å². The average Bonchev–Trinajstić information content (AvgIpc) is 3.29. The van der Waals surface area contributed by atoms with Gasteiger partial charge in [-0.05, 0) is 29.2 Å². The normalized spacial score (nSPS) is 11.3. The third-order valence-corrected chi connectivity index (χ3v) is 4.15. The lowest BCUT2D eigenvalue weighted by Gasteiger charge is -2.10. The van der Waals surface area contributed by atoms with Gasteiger partial charge in [-0.2, -0.15) is 9.67 Å². The van der Waals surface area contributed by atoms with Crippen LogP contribution in [-0.2, 0) is 6.54 Å². The van der Waals surface area contributed by atoms with Gasteiger partial charge in [-0.3, -0.25) is 4.79 Å². The van der Waals surface area contributed by atoms with E-state index in [0.29, 0.717) is 30.0 Å². The van der Waals surface area contributed by atoms with Crippen LogP contribution in [0.1, 0.15) is 49.5 Å². The Morgan fingerprint density at radius 3 is 2.46 bits per heavy atom. The number of rotatable bonds is 6. The lowest BCUT2D eigenvalue weighted by molar-refractivity contribution is 0.0841. The molecule has 0 aliphatic carbocycles. The quantitative estimate of drug-likeness (QED) is 0.703. The number of nitrogens with zero attached hydrogens (tertiary/aromatic N) is 3. The molecule has 6 nitrogen and oxygen atoms in total. The molecule has 0 saturated heterocycles. The monoisotopic (exact) mass is 352 g/mol. The van der Waals surface area contributed by atoms with E-state index in [2.05, 4.69) is 53.5 Å². The smallest absolute Gasteiger partial charge is 0.252 e. The van der Waals surface area contributed by atoms with Crippen LogP contribution >= 0.6 is 0 Å². The van der Waals surface area contributed by atoms with Crippen molar-refractivity contribution in [1.29, 1.82) is 0 Å². The molecule has 0 aliphatic heterocycles. The Kier molecular flexibility index (Phi) is 5.21. The van der Waals surface area contributed by atoms with E-state index in [1.807, 2.05) is 13.8 Å². The first kappa shape index (κ1) is 17.9. The Morgan fingerprint density at radius 2 is 1.88 bits per heavy atom. The Morgan fingerprint density at radius 1 is 1.15 bits per heavy atom. The van der Waals surface area contributed by atoms with Gasteiger partial charge in [0.05, 0.1) is 6.26 Å². The molecule has 0 saturated carbocycles. The van der Waals surface area contributed by atoms with Crippen molar-refractivity contribution in [3.8, 4) is 11.6 Å². The largest absolute Gasteiger partial charge is 0.461 e. The summed E-state index contributed by atoms with van der Waals surface area (Å²) in [5, 5.41) is 7.55. The number of carbonyl (C=O) groups is 1. The Labute approximate surface area is 153 Å². The second-order valence-corrected chi connectivity index (χ2v) is 6.89. The summed E-state index contributed by atoms with van der Waals surface area (Å²) in [5.41, 5.74) is 2.41. The van der Waals surface area contributed by atoms with Gasteiger partial charge in [-0.25, -0.2) is 0 Å². The average molecular weight is 352 g/mol. The van der Waals surface area contributed by atoms with Gasteiger partial charge in [-0.1, -0.05) is 52.0 Å². The number of hydrogen-bond donors (Lipinski definition) is 1. The molecule has 3 rings (SSSR count). The lowest BCUT2D eigenvalue weighted by atomic mass is 10.0. The summed E-state index contributed by atoms with van der Waals surface area (Å²) in [6, 6.07) is 12.0. The van der Waals surface area contributed by atoms with Gasteiger partial charge in [0.1, 0.15) is 0 Å². The van der Waals surface area contributed by atoms with Crippen LogP contribution < -0.4 is 5.32 Å². The molecule has 136 valence electrons. The highest BCUT2D eigenvalue weighted by molar-refractivity contribution is 5.82. The molecule has 3 aromatic rings. The molecular weight excluding hydrogens is 328 g/mol. The van der Waals surface area contributed by atoms with Crippen molar-refractivity contribution in [3.63, 3.8) is 0 Å². The molecular formula is C20H24N4O2. The summed E-state index contributed by atoms with van der Waals surface area (Å²) in [5.74, 6) is 1.54. The van der Waals surface area contributed by atoms with E-state index in [9.17, 15) is 4.79 Å². The molecule has 2 aromatic heterocycles. The zero-order valence-corrected chi connectivity index (χ0v) is 15.6. The first-order valence-corrected chi connectivity index (χ1v) is 8.83. The molecule has 2 heterocycles. The number of aromatic nitrogens is 3. The van der Waals surface area contributed by atoms with Crippen molar-refractivity contribution in [2.24, 2.45) is 5.92 Å². The molecule has 0 unspecified atom stereocenters. The Hall–Kier alpha value is -2.89. The van der Waals surface area contributed by atoms with Gasteiger partial charge >= 0.3 is 0 Å². The predicted molar refractivity (Wildman–Crippen MR) is 101 cm³/mol. The standard InChI is InChI=1S/C20H24N4O2/c1-13(2)16-9-7-15(8-10-16)12-21-20-22-18(17-6-5-11-26-17)23-24(20)19(25)14(3)4/h5-11,13-14H,12H2,1-4H3,(H,21,22,23). The molecule has 26 heavy (non-hydrogen) atoms. The number of carbonyl (C=O) groups excluding carboxylic acids is 1. The SMILES string of the molecule is CC(C)C(=O)n1nc(-c2ccco2)nc1NCc1ccc(C(C)C)cc1. The maximum atomic E-state index is 12.5. The summed E-state index contributed by atoms with van der Waals surface area (Å²) in [6.45, 7) is 8.57. The van der Waals surface area contributed by atoms with Gasteiger partial charge in [0.2, 0.25) is 11.8 Å². The molecule has 0 bridgehead atoms. The summed E-state index contributed by atoms with van der Waals surface area (Å²) in [4.78, 5) is 16.9. The van der Waals surface area contributed by atoms with E-state index < -0.39 is 0 Å². The minimum absolute atomic E-state index is 0.118. The Balaban J connectivity index is 1.82. The number of furan rings is 1. The molecule has 1 N–H and O–H groups in total. The van der Waals surface area contributed by atoms with Crippen LogP contribution in [0.5, 0.6) is 0 Å². The molecule has 0 spiro atoms. The highest BCUT2D eigenvalue weighted by Crippen LogP contribution is 2.20. The van der Waals surface area contributed by atoms with Crippen molar-refractivity contribution in [1.82, 2.24) is 14.8 Å². The molecule has 0 radical (unpaired) electrons. The van der Waals surface area contributed by atoms with Gasteiger partial charge in [-0.15, -0.1) is 5.10 Å². The first-order valence-electron chi connectivity index (χ1n) is 8.83. The van der Waals surface area contributed by atoms with E-state index >= 15 is 0 Å². The number of hydrogen-bond acceptors (Lipinski definition) is 5. The van der Waals surface area contributed by atoms with Crippen molar-refractivity contribution < 1.29 is 9.21 Å². The van der Waals surface area contributed by atoms with Crippen molar-refractivity contribution in [3.05, 3.63) is 53.8 Å². The van der Waals surface area contributed by atoms with E-state index in [1.165, 1.54) is 10.2 Å². The maximum absolute atomic E-state index is 12.5. The van der Waals surface area contributed by atoms with Gasteiger partial charge in [0.15, 0.2) is 5.76 Å². The fourth-order valence-electron chi connectivity index (χ4n) is 2.54. The van der Waals surface area contributed by atoms with Crippen LogP contribution in [-0.4, -0.2) is 20.7 Å². The van der Waals surface area contributed by atoms with Crippen LogP contribution in [0.2, 0.25) is 0 Å². The molecule has 0 amide bonds. The topological polar surface area (TPSA) is 73.0 Å². The maximum Gasteiger partial charge on any atom is 0.252 e. The second kappa shape index (κ2) is 7.56. The number of anilines is 1. The Bertz CT molecular complexity index is 862. The summed E-state index contributed by atoms with van der Waals surface area (Å²) < 4.78 is 6.67. The zero-order valence-electron chi connectivity index (χ0n) is 15.6. The van der Waals surface area contributed by atoms with Crippen LogP contribution in [0, 0.1) is 5.92 Å². The summed E-state index contributed by atoms with van der Waals surface area (Å²) in [7, 11) is 0. The summed E-state index contributed by atoms with van der Waals surface area (Å²) >= 11 is 0. The lowest BCUT2D eigenvalue weighted by Crippen LogP contribution is -2.21. The van der Waals surface area contributed by atoms with Crippen molar-refractivity contribution in [2.75, 3.05) is 5.32 Å². The number of nitrogens with one attached hydrogen (secondary N) is 1. The molecule has 6 heteroatoms. The van der Waals surface area contributed by atoms with E-state index in [0.717, 1.165) is 5.56 Å². The fraction of sp³-hybridized carbons (Fsp3) is 0.350. The molecule has 0 aliphatic rings. The van der Waals surface area contributed by atoms with Gasteiger partial charge < -0.3 is 9.73 Å². The van der Waals surface area contributed by atoms with E-state index in [4.69, 9.17) is 4.42 Å². The highest BCUT2D eigenvalue weighted by atomic mass is 16.3. The van der Waals surface area contributed by atoms with E-state index in [1.54, 1.807) is 18.4 Å². The van der Waals surface area contributed by atoms with Crippen molar-refractivity contribution >= 4 is 11.9 Å². The molecule has 0 atom stereocenters. The first-order chi connectivity index (χ1) is 12.5. The third kappa shape index (κ3) is 3.85. The fourth-order valence-corrected chi connectivity index (χ4v) is 2.54. The van der Waals surface area contributed by atoms with Crippen LogP contribution in [0.4, 0.5) is 5.95 Å². The minimum Gasteiger partial charge on any atom is -0.461 e. The third-order valence-electron chi connectivity index (χ3n) is 4.15. The molecule has 0 fully saturated rings. The second-order valence-electron chi connectivity index (χ2n) is 6.89. The number of benzene rings is 1. The minimum atomic E-state index is -0.188. The van der Waals surface area contributed by atoms with Crippen LogP contribution in [0.15, 0.2) is 47.1 Å². The summed E-state index contributed by atoms with van der Waals surface area (Å²) in [6.07, 6.45) is 1.56. The van der Waals surface area contributed by atoms with E-state index in [-0.39, 0.29) is 11.8 Å². The molecule has 1 aromatic carbocycles. The van der Waals surface area contributed by atoms with Gasteiger partial charge in [0, 0.05) is 12.5 Å². The van der Waals surface area contributed by atoms with Crippen molar-refractivity contribution in [2.45, 2.75) is 40.2 Å². The van der Waals surface area contributed by atoms with Gasteiger partial charge in [0.25, 0.3) is 5.91 Å². The van der Waals surface area contributed by atoms with Crippen LogP contribution in [0.25, 0.3) is 11.6 Å². The predicted octanol–water partition coefficient (Wildman–Crippen LogP) is 4.57. The zero-order chi connectivity index (χ0) is 18.7. The highest BCUT2D eigenvalue weighted by Gasteiger charge is 2.20.